The predicted octanol–water partition coefficient (Wildman–Crippen LogP) is 2.46. The number of rotatable bonds is 4. The first-order chi connectivity index (χ1) is 10.7. The van der Waals surface area contributed by atoms with Crippen LogP contribution in [0.3, 0.4) is 0 Å². The van der Waals surface area contributed by atoms with E-state index in [-0.39, 0.29) is 23.6 Å². The summed E-state index contributed by atoms with van der Waals surface area (Å²) in [6, 6.07) is 1.97. The Morgan fingerprint density at radius 2 is 2.00 bits per heavy atom. The van der Waals surface area contributed by atoms with Crippen molar-refractivity contribution in [3.8, 4) is 0 Å². The molecule has 22 heavy (non-hydrogen) atoms. The second kappa shape index (κ2) is 6.65. The van der Waals surface area contributed by atoms with Crippen LogP contribution in [0.15, 0.2) is 30.0 Å². The van der Waals surface area contributed by atoms with Crippen molar-refractivity contribution < 1.29 is 9.59 Å². The first kappa shape index (κ1) is 14.6. The van der Waals surface area contributed by atoms with Gasteiger partial charge in [-0.25, -0.2) is 4.98 Å². The summed E-state index contributed by atoms with van der Waals surface area (Å²) in [7, 11) is 0. The molecule has 0 saturated heterocycles. The van der Waals surface area contributed by atoms with Crippen LogP contribution in [-0.2, 0) is 0 Å². The van der Waals surface area contributed by atoms with Gasteiger partial charge < -0.3 is 10.6 Å². The second-order valence-electron chi connectivity index (χ2n) is 5.16. The van der Waals surface area contributed by atoms with Crippen molar-refractivity contribution in [2.75, 3.05) is 5.32 Å². The molecular weight excluding hydrogens is 300 g/mol. The van der Waals surface area contributed by atoms with Crippen LogP contribution in [-0.4, -0.2) is 27.8 Å². The van der Waals surface area contributed by atoms with Crippen LogP contribution in [0.1, 0.15) is 45.8 Å². The van der Waals surface area contributed by atoms with E-state index < -0.39 is 0 Å². The topological polar surface area (TPSA) is 84.0 Å². The number of anilines is 1. The van der Waals surface area contributed by atoms with Crippen LogP contribution in [0.25, 0.3) is 0 Å². The Morgan fingerprint density at radius 1 is 1.18 bits per heavy atom. The van der Waals surface area contributed by atoms with Gasteiger partial charge in [0, 0.05) is 18.4 Å². The van der Waals surface area contributed by atoms with Gasteiger partial charge in [0.15, 0.2) is 0 Å². The minimum atomic E-state index is -0.374. The van der Waals surface area contributed by atoms with Crippen molar-refractivity contribution in [1.29, 1.82) is 0 Å². The Labute approximate surface area is 132 Å². The molecule has 1 aliphatic rings. The molecule has 2 aromatic heterocycles. The molecule has 7 heteroatoms. The Balaban J connectivity index is 1.69. The van der Waals surface area contributed by atoms with E-state index in [4.69, 9.17) is 0 Å². The van der Waals surface area contributed by atoms with Gasteiger partial charge in [-0.2, -0.15) is 0 Å². The number of hydrogen-bond acceptors (Lipinski definition) is 5. The molecule has 0 aromatic carbocycles. The molecule has 6 nitrogen and oxygen atoms in total. The monoisotopic (exact) mass is 316 g/mol. The minimum Gasteiger partial charge on any atom is -0.349 e. The first-order valence-electron chi connectivity index (χ1n) is 7.20. The van der Waals surface area contributed by atoms with Crippen molar-refractivity contribution in [2.45, 2.75) is 31.7 Å². The largest absolute Gasteiger partial charge is 0.349 e. The molecule has 0 atom stereocenters. The molecule has 1 fully saturated rings. The predicted molar refractivity (Wildman–Crippen MR) is 84.0 cm³/mol. The highest BCUT2D eigenvalue weighted by atomic mass is 32.1. The van der Waals surface area contributed by atoms with Crippen LogP contribution in [0.5, 0.6) is 0 Å². The number of thiophene rings is 1. The molecule has 2 aromatic rings. The quantitative estimate of drug-likeness (QED) is 0.907. The Hall–Kier alpha value is -2.28. The van der Waals surface area contributed by atoms with Crippen molar-refractivity contribution in [3.63, 3.8) is 0 Å². The number of nitrogens with zero attached hydrogens (tertiary/aromatic N) is 2. The van der Waals surface area contributed by atoms with Crippen LogP contribution in [0, 0.1) is 0 Å². The van der Waals surface area contributed by atoms with Gasteiger partial charge in [0.2, 0.25) is 0 Å². The van der Waals surface area contributed by atoms with Crippen LogP contribution >= 0.6 is 11.3 Å². The zero-order chi connectivity index (χ0) is 15.4. The summed E-state index contributed by atoms with van der Waals surface area (Å²) in [5.41, 5.74) is 0.729. The number of amides is 2. The van der Waals surface area contributed by atoms with E-state index in [1.165, 1.54) is 29.9 Å². The summed E-state index contributed by atoms with van der Waals surface area (Å²) in [5.74, 6) is -0.502. The summed E-state index contributed by atoms with van der Waals surface area (Å²) in [6.45, 7) is 0. The minimum absolute atomic E-state index is 0.128. The van der Waals surface area contributed by atoms with Crippen LogP contribution in [0.4, 0.5) is 5.69 Å². The second-order valence-corrected chi connectivity index (χ2v) is 6.08. The lowest BCUT2D eigenvalue weighted by atomic mass is 10.2. The van der Waals surface area contributed by atoms with Gasteiger partial charge in [0.05, 0.1) is 11.9 Å². The van der Waals surface area contributed by atoms with Gasteiger partial charge in [-0.1, -0.05) is 12.8 Å². The third-order valence-electron chi connectivity index (χ3n) is 3.61. The maximum absolute atomic E-state index is 12.3. The van der Waals surface area contributed by atoms with Gasteiger partial charge in [-0.3, -0.25) is 14.6 Å². The van der Waals surface area contributed by atoms with Gasteiger partial charge >= 0.3 is 0 Å². The molecule has 0 unspecified atom stereocenters. The molecule has 1 aliphatic carbocycles. The molecule has 0 spiro atoms. The first-order valence-corrected chi connectivity index (χ1v) is 8.08. The number of aromatic nitrogens is 2. The van der Waals surface area contributed by atoms with E-state index in [9.17, 15) is 9.59 Å². The fourth-order valence-corrected chi connectivity index (χ4v) is 3.26. The number of nitrogens with one attached hydrogen (secondary N) is 2. The lowest BCUT2D eigenvalue weighted by Gasteiger charge is -2.12. The molecule has 0 aliphatic heterocycles. The molecular formula is C15H16N4O2S. The molecule has 2 amide bonds. The third kappa shape index (κ3) is 3.30. The lowest BCUT2D eigenvalue weighted by Crippen LogP contribution is -2.32. The average Bonchev–Trinajstić information content (AvgIpc) is 3.19. The summed E-state index contributed by atoms with van der Waals surface area (Å²) in [4.78, 5) is 32.7. The molecule has 1 saturated carbocycles. The molecule has 0 bridgehead atoms. The molecule has 0 radical (unpaired) electrons. The summed E-state index contributed by atoms with van der Waals surface area (Å²) >= 11 is 1.32. The fourth-order valence-electron chi connectivity index (χ4n) is 2.51. The Kier molecular flexibility index (Phi) is 4.43. The van der Waals surface area contributed by atoms with E-state index in [2.05, 4.69) is 20.6 Å². The highest BCUT2D eigenvalue weighted by Crippen LogP contribution is 2.24. The third-order valence-corrected chi connectivity index (χ3v) is 4.52. The normalized spacial score (nSPS) is 14.7. The van der Waals surface area contributed by atoms with Gasteiger partial charge in [-0.05, 0) is 24.3 Å². The standard InChI is InChI=1S/C15H16N4O2S/c20-14(12-9-16-6-7-17-12)19-11-5-8-22-13(11)15(21)18-10-3-1-2-4-10/h5-10H,1-4H2,(H,18,21)(H,19,20). The highest BCUT2D eigenvalue weighted by Gasteiger charge is 2.21. The van der Waals surface area contributed by atoms with E-state index >= 15 is 0 Å². The fraction of sp³-hybridized carbons (Fsp3) is 0.333. The van der Waals surface area contributed by atoms with Crippen molar-refractivity contribution in [2.24, 2.45) is 0 Å². The van der Waals surface area contributed by atoms with Crippen LogP contribution in [0.2, 0.25) is 0 Å². The number of hydrogen-bond donors (Lipinski definition) is 2. The molecule has 2 heterocycles. The maximum atomic E-state index is 12.3. The maximum Gasteiger partial charge on any atom is 0.275 e. The van der Waals surface area contributed by atoms with Crippen LogP contribution < -0.4 is 10.6 Å². The number of carbonyl (C=O) groups excluding carboxylic acids is 2. The lowest BCUT2D eigenvalue weighted by molar-refractivity contribution is 0.0943. The highest BCUT2D eigenvalue weighted by molar-refractivity contribution is 7.12. The molecule has 3 rings (SSSR count). The van der Waals surface area contributed by atoms with Gasteiger partial charge in [0.25, 0.3) is 11.8 Å². The summed E-state index contributed by atoms with van der Waals surface area (Å²) in [5, 5.41) is 7.54. The van der Waals surface area contributed by atoms with E-state index in [0.29, 0.717) is 10.6 Å². The van der Waals surface area contributed by atoms with Gasteiger partial charge in [-0.15, -0.1) is 11.3 Å². The average molecular weight is 316 g/mol. The van der Waals surface area contributed by atoms with E-state index in [0.717, 1.165) is 25.7 Å². The van der Waals surface area contributed by atoms with E-state index in [1.54, 1.807) is 11.4 Å². The van der Waals surface area contributed by atoms with Crippen molar-refractivity contribution in [1.82, 2.24) is 15.3 Å². The summed E-state index contributed by atoms with van der Waals surface area (Å²) < 4.78 is 0. The van der Waals surface area contributed by atoms with Crippen molar-refractivity contribution >= 4 is 28.8 Å². The summed E-state index contributed by atoms with van der Waals surface area (Å²) in [6.07, 6.45) is 8.71. The zero-order valence-corrected chi connectivity index (χ0v) is 12.7. The SMILES string of the molecule is O=C(Nc1ccsc1C(=O)NC1CCCC1)c1cnccn1. The van der Waals surface area contributed by atoms with Crippen molar-refractivity contribution in [3.05, 3.63) is 40.6 Å². The van der Waals surface area contributed by atoms with Gasteiger partial charge in [0.1, 0.15) is 10.6 Å². The molecule has 2 N–H and O–H groups in total. The smallest absolute Gasteiger partial charge is 0.275 e. The molecule has 114 valence electrons. The Morgan fingerprint density at radius 3 is 2.73 bits per heavy atom. The number of carbonyl (C=O) groups is 2. The zero-order valence-electron chi connectivity index (χ0n) is 11.9. The van der Waals surface area contributed by atoms with E-state index in [1.807, 2.05) is 0 Å². The Bertz CT molecular complexity index is 665.